The topological polar surface area (TPSA) is 67.2 Å². The van der Waals surface area contributed by atoms with Crippen LogP contribution in [-0.4, -0.2) is 30.7 Å². The summed E-state index contributed by atoms with van der Waals surface area (Å²) in [4.78, 5) is 29.4. The number of hydrogen-bond acceptors (Lipinski definition) is 5. The molecular formula is C17H18N4O2S2. The average Bonchev–Trinajstić information content (AvgIpc) is 3.05. The number of nitrogens with zero attached hydrogens (tertiary/aromatic N) is 3. The molecule has 8 heteroatoms. The van der Waals surface area contributed by atoms with E-state index in [1.807, 2.05) is 42.8 Å². The van der Waals surface area contributed by atoms with Gasteiger partial charge in [-0.05, 0) is 30.8 Å². The average molecular weight is 374 g/mol. The van der Waals surface area contributed by atoms with E-state index in [0.29, 0.717) is 21.5 Å². The van der Waals surface area contributed by atoms with Gasteiger partial charge in [-0.1, -0.05) is 37.2 Å². The Morgan fingerprint density at radius 1 is 1.40 bits per heavy atom. The van der Waals surface area contributed by atoms with Gasteiger partial charge in [0.05, 0.1) is 15.9 Å². The first-order valence-electron chi connectivity index (χ1n) is 8.00. The van der Waals surface area contributed by atoms with E-state index in [-0.39, 0.29) is 11.8 Å². The lowest BCUT2D eigenvalue weighted by Gasteiger charge is -2.15. The highest BCUT2D eigenvalue weighted by Gasteiger charge is 2.33. The summed E-state index contributed by atoms with van der Waals surface area (Å²) in [7, 11) is 1.90. The maximum atomic E-state index is 12.6. The van der Waals surface area contributed by atoms with Gasteiger partial charge in [0.25, 0.3) is 5.91 Å². The van der Waals surface area contributed by atoms with Crippen LogP contribution < -0.4 is 5.43 Å². The van der Waals surface area contributed by atoms with Gasteiger partial charge in [0.2, 0.25) is 5.91 Å². The van der Waals surface area contributed by atoms with E-state index >= 15 is 0 Å². The molecule has 0 bridgehead atoms. The van der Waals surface area contributed by atoms with Crippen molar-refractivity contribution in [3.63, 3.8) is 0 Å². The number of hydrazine groups is 1. The molecule has 1 aromatic heterocycles. The van der Waals surface area contributed by atoms with Crippen molar-refractivity contribution < 1.29 is 9.59 Å². The second-order valence-electron chi connectivity index (χ2n) is 5.67. The lowest BCUT2D eigenvalue weighted by Crippen LogP contribution is -2.44. The SMILES string of the molecule is CCCCC(=O)NN1C(=O)C(=Cc2nc3ccccc3n2C)SC1=S. The summed E-state index contributed by atoms with van der Waals surface area (Å²) in [5, 5.41) is 1.15. The quantitative estimate of drug-likeness (QED) is 0.644. The predicted octanol–water partition coefficient (Wildman–Crippen LogP) is 3.00. The van der Waals surface area contributed by atoms with Gasteiger partial charge < -0.3 is 4.57 Å². The number of aryl methyl sites for hydroxylation is 1. The van der Waals surface area contributed by atoms with Gasteiger partial charge in [-0.2, -0.15) is 5.01 Å². The summed E-state index contributed by atoms with van der Waals surface area (Å²) >= 11 is 6.39. The van der Waals surface area contributed by atoms with E-state index in [2.05, 4.69) is 10.4 Å². The van der Waals surface area contributed by atoms with Crippen LogP contribution in [0.25, 0.3) is 17.1 Å². The molecule has 1 saturated heterocycles. The molecular weight excluding hydrogens is 356 g/mol. The number of amides is 2. The number of hydrogen-bond donors (Lipinski definition) is 1. The molecule has 1 aliphatic heterocycles. The van der Waals surface area contributed by atoms with Gasteiger partial charge in [-0.15, -0.1) is 0 Å². The van der Waals surface area contributed by atoms with E-state index in [9.17, 15) is 9.59 Å². The lowest BCUT2D eigenvalue weighted by atomic mass is 10.2. The second kappa shape index (κ2) is 7.37. The molecule has 6 nitrogen and oxygen atoms in total. The molecule has 0 atom stereocenters. The zero-order chi connectivity index (χ0) is 18.0. The minimum atomic E-state index is -0.327. The third-order valence-electron chi connectivity index (χ3n) is 3.87. The van der Waals surface area contributed by atoms with Crippen molar-refractivity contribution in [3.05, 3.63) is 35.0 Å². The lowest BCUT2D eigenvalue weighted by molar-refractivity contribution is -0.133. The second-order valence-corrected chi connectivity index (χ2v) is 7.35. The van der Waals surface area contributed by atoms with Crippen LogP contribution in [-0.2, 0) is 16.6 Å². The number of unbranched alkanes of at least 4 members (excludes halogenated alkanes) is 1. The number of rotatable bonds is 5. The zero-order valence-electron chi connectivity index (χ0n) is 14.0. The molecule has 1 aliphatic rings. The normalized spacial score (nSPS) is 16.2. The Morgan fingerprint density at radius 3 is 2.88 bits per heavy atom. The maximum absolute atomic E-state index is 12.6. The Hall–Kier alpha value is -2.19. The molecule has 1 aromatic carbocycles. The molecule has 0 radical (unpaired) electrons. The highest BCUT2D eigenvalue weighted by molar-refractivity contribution is 8.26. The van der Waals surface area contributed by atoms with Gasteiger partial charge >= 0.3 is 0 Å². The Labute approximate surface area is 155 Å². The molecule has 130 valence electrons. The molecule has 0 unspecified atom stereocenters. The number of benzene rings is 1. The summed E-state index contributed by atoms with van der Waals surface area (Å²) in [6, 6.07) is 7.76. The van der Waals surface area contributed by atoms with Crippen LogP contribution in [0.4, 0.5) is 0 Å². The summed E-state index contributed by atoms with van der Waals surface area (Å²) < 4.78 is 2.24. The fourth-order valence-corrected chi connectivity index (χ4v) is 3.64. The van der Waals surface area contributed by atoms with Crippen molar-refractivity contribution in [2.24, 2.45) is 7.05 Å². The van der Waals surface area contributed by atoms with E-state index in [1.54, 1.807) is 6.08 Å². The van der Waals surface area contributed by atoms with Crippen LogP contribution in [0.15, 0.2) is 29.2 Å². The monoisotopic (exact) mass is 374 g/mol. The number of nitrogens with one attached hydrogen (secondary N) is 1. The Balaban J connectivity index is 1.82. The predicted molar refractivity (Wildman–Crippen MR) is 103 cm³/mol. The minimum Gasteiger partial charge on any atom is -0.328 e. The van der Waals surface area contributed by atoms with Crippen molar-refractivity contribution in [3.8, 4) is 0 Å². The highest BCUT2D eigenvalue weighted by Crippen LogP contribution is 2.31. The van der Waals surface area contributed by atoms with Crippen LogP contribution in [0.2, 0.25) is 0 Å². The zero-order valence-corrected chi connectivity index (χ0v) is 15.6. The number of thiocarbonyl (C=S) groups is 1. The number of fused-ring (bicyclic) bond motifs is 1. The number of carbonyl (C=O) groups is 2. The molecule has 2 amide bonds. The van der Waals surface area contributed by atoms with Gasteiger partial charge in [0.1, 0.15) is 5.82 Å². The molecule has 0 aliphatic carbocycles. The van der Waals surface area contributed by atoms with Crippen molar-refractivity contribution in [1.82, 2.24) is 20.0 Å². The smallest absolute Gasteiger partial charge is 0.285 e. The summed E-state index contributed by atoms with van der Waals surface area (Å²) in [5.74, 6) is 0.132. The molecule has 1 fully saturated rings. The van der Waals surface area contributed by atoms with E-state index in [4.69, 9.17) is 12.2 Å². The van der Waals surface area contributed by atoms with Crippen LogP contribution in [0, 0.1) is 0 Å². The number of thioether (sulfide) groups is 1. The van der Waals surface area contributed by atoms with E-state index in [1.165, 1.54) is 0 Å². The van der Waals surface area contributed by atoms with E-state index in [0.717, 1.165) is 40.6 Å². The first kappa shape index (κ1) is 17.6. The number of aromatic nitrogens is 2. The fourth-order valence-electron chi connectivity index (χ4n) is 2.49. The molecule has 0 saturated carbocycles. The molecule has 0 spiro atoms. The third-order valence-corrected chi connectivity index (χ3v) is 5.17. The van der Waals surface area contributed by atoms with Crippen molar-refractivity contribution >= 4 is 57.2 Å². The first-order valence-corrected chi connectivity index (χ1v) is 9.22. The van der Waals surface area contributed by atoms with E-state index < -0.39 is 0 Å². The molecule has 3 rings (SSSR count). The van der Waals surface area contributed by atoms with Gasteiger partial charge in [0, 0.05) is 19.5 Å². The third kappa shape index (κ3) is 3.59. The Kier molecular flexibility index (Phi) is 5.19. The van der Waals surface area contributed by atoms with Gasteiger partial charge in [0.15, 0.2) is 4.32 Å². The van der Waals surface area contributed by atoms with Crippen molar-refractivity contribution in [1.29, 1.82) is 0 Å². The number of para-hydroxylation sites is 2. The highest BCUT2D eigenvalue weighted by atomic mass is 32.2. The number of imidazole rings is 1. The van der Waals surface area contributed by atoms with Crippen molar-refractivity contribution in [2.75, 3.05) is 0 Å². The fraction of sp³-hybridized carbons (Fsp3) is 0.294. The standard InChI is InChI=1S/C17H18N4O2S2/c1-3-4-9-15(22)19-21-16(23)13(25-17(21)24)10-14-18-11-7-5-6-8-12(11)20(14)2/h5-8,10H,3-4,9H2,1-2H3,(H,19,22). The Bertz CT molecular complexity index is 888. The molecule has 2 aromatic rings. The minimum absolute atomic E-state index is 0.206. The summed E-state index contributed by atoms with van der Waals surface area (Å²) in [5.41, 5.74) is 4.43. The van der Waals surface area contributed by atoms with Gasteiger partial charge in [-0.3, -0.25) is 15.0 Å². The molecule has 2 heterocycles. The first-order chi connectivity index (χ1) is 12.0. The largest absolute Gasteiger partial charge is 0.328 e. The van der Waals surface area contributed by atoms with Crippen LogP contribution in [0.5, 0.6) is 0 Å². The van der Waals surface area contributed by atoms with Crippen LogP contribution >= 0.6 is 24.0 Å². The summed E-state index contributed by atoms with van der Waals surface area (Å²) in [6.45, 7) is 2.01. The maximum Gasteiger partial charge on any atom is 0.285 e. The molecule has 25 heavy (non-hydrogen) atoms. The van der Waals surface area contributed by atoms with Crippen molar-refractivity contribution in [2.45, 2.75) is 26.2 Å². The molecule has 1 N–H and O–H groups in total. The van der Waals surface area contributed by atoms with Crippen LogP contribution in [0.1, 0.15) is 32.0 Å². The number of carbonyl (C=O) groups excluding carboxylic acids is 2. The Morgan fingerprint density at radius 2 is 2.16 bits per heavy atom. The summed E-state index contributed by atoms with van der Waals surface area (Å²) in [6.07, 6.45) is 3.77. The van der Waals surface area contributed by atoms with Crippen LogP contribution in [0.3, 0.4) is 0 Å². The van der Waals surface area contributed by atoms with Gasteiger partial charge in [-0.25, -0.2) is 4.98 Å².